The first-order valence-electron chi connectivity index (χ1n) is 4.65. The van der Waals surface area contributed by atoms with E-state index in [1.807, 2.05) is 19.1 Å². The van der Waals surface area contributed by atoms with Crippen LogP contribution in [0.5, 0.6) is 0 Å². The Morgan fingerprint density at radius 3 is 2.24 bits per heavy atom. The van der Waals surface area contributed by atoms with E-state index in [4.69, 9.17) is 0 Å². The van der Waals surface area contributed by atoms with Crippen LogP contribution in [-0.2, 0) is 15.6 Å². The fourth-order valence-electron chi connectivity index (χ4n) is 1.14. The molecule has 7 heteroatoms. The van der Waals surface area contributed by atoms with Crippen molar-refractivity contribution >= 4 is 25.7 Å². The number of ketones is 1. The van der Waals surface area contributed by atoms with E-state index < -0.39 is 9.15 Å². The van der Waals surface area contributed by atoms with Crippen molar-refractivity contribution < 1.29 is 47.3 Å². The predicted molar refractivity (Wildman–Crippen MR) is 62.3 cm³/mol. The number of Topliss-reactive ketones (excluding diaryl/α,β-unsaturated/α-hetero) is 1. The van der Waals surface area contributed by atoms with Gasteiger partial charge in [-0.15, -0.1) is 0 Å². The Morgan fingerprint density at radius 1 is 1.29 bits per heavy atom. The summed E-state index contributed by atoms with van der Waals surface area (Å²) in [6.45, 7) is 2.00. The van der Waals surface area contributed by atoms with E-state index in [1.165, 1.54) is 0 Å². The smallest absolute Gasteiger partial charge is 0.739 e. The van der Waals surface area contributed by atoms with Gasteiger partial charge in [0.25, 0.3) is 0 Å². The Labute approximate surface area is 127 Å². The molecule has 4 nitrogen and oxygen atoms in total. The molecule has 0 aliphatic heterocycles. The Morgan fingerprint density at radius 2 is 1.82 bits per heavy atom. The molecular formula is C10H11NaO4S2. The van der Waals surface area contributed by atoms with Crippen molar-refractivity contribution in [2.24, 2.45) is 0 Å². The molecule has 1 aromatic carbocycles. The molecule has 88 valence electrons. The molecule has 0 N–H and O–H groups in total. The van der Waals surface area contributed by atoms with Crippen LogP contribution in [0.1, 0.15) is 22.8 Å². The van der Waals surface area contributed by atoms with Crippen molar-refractivity contribution in [3.8, 4) is 0 Å². The number of aryl methyl sites for hydroxylation is 1. The summed E-state index contributed by atoms with van der Waals surface area (Å²) in [4.78, 5) is 11.5. The van der Waals surface area contributed by atoms with E-state index in [0.29, 0.717) is 5.56 Å². The van der Waals surface area contributed by atoms with Crippen LogP contribution in [0.4, 0.5) is 0 Å². The molecule has 1 rings (SSSR count). The maximum absolute atomic E-state index is 11.5. The topological polar surface area (TPSA) is 74.3 Å². The summed E-state index contributed by atoms with van der Waals surface area (Å²) in [5.74, 6) is -0.691. The van der Waals surface area contributed by atoms with Crippen molar-refractivity contribution in [1.29, 1.82) is 0 Å². The minimum absolute atomic E-state index is 0. The fraction of sp³-hybridized carbons (Fsp3) is 0.300. The molecule has 17 heavy (non-hydrogen) atoms. The Bertz CT molecular complexity index is 468. The summed E-state index contributed by atoms with van der Waals surface area (Å²) in [6.07, 6.45) is 0.873. The van der Waals surface area contributed by atoms with Gasteiger partial charge in [-0.05, 0) is 22.8 Å². The summed E-state index contributed by atoms with van der Waals surface area (Å²) >= 11 is 0. The minimum Gasteiger partial charge on any atom is -0.739 e. The molecule has 0 radical (unpaired) electrons. The quantitative estimate of drug-likeness (QED) is 0.288. The monoisotopic (exact) mass is 282 g/mol. The molecule has 0 aromatic heterocycles. The first-order valence-corrected chi connectivity index (χ1v) is 7.56. The maximum Gasteiger partial charge on any atom is 1.00 e. The van der Waals surface area contributed by atoms with Crippen molar-refractivity contribution in [3.05, 3.63) is 35.4 Å². The van der Waals surface area contributed by atoms with Gasteiger partial charge in [0.2, 0.25) is 0 Å². The second kappa shape index (κ2) is 7.56. The molecule has 0 saturated heterocycles. The van der Waals surface area contributed by atoms with Crippen LogP contribution in [0.3, 0.4) is 0 Å². The van der Waals surface area contributed by atoms with Crippen LogP contribution in [0, 0.1) is 0 Å². The van der Waals surface area contributed by atoms with Crippen LogP contribution < -0.4 is 29.6 Å². The first-order chi connectivity index (χ1) is 7.42. The van der Waals surface area contributed by atoms with Gasteiger partial charge >= 0.3 is 29.6 Å². The van der Waals surface area contributed by atoms with Crippen molar-refractivity contribution in [1.82, 2.24) is 0 Å². The van der Waals surface area contributed by atoms with Gasteiger partial charge in [0.1, 0.15) is 9.15 Å². The molecule has 0 aliphatic rings. The zero-order valence-corrected chi connectivity index (χ0v) is 13.3. The number of benzene rings is 1. The van der Waals surface area contributed by atoms with Crippen molar-refractivity contribution in [2.75, 3.05) is 5.75 Å². The van der Waals surface area contributed by atoms with E-state index in [9.17, 15) is 17.8 Å². The van der Waals surface area contributed by atoms with Gasteiger partial charge in [0.05, 0.1) is 5.75 Å². The third-order valence-corrected chi connectivity index (χ3v) is 3.91. The van der Waals surface area contributed by atoms with E-state index in [0.717, 1.165) is 12.0 Å². The Kier molecular flexibility index (Phi) is 7.62. The van der Waals surface area contributed by atoms with Crippen LogP contribution in [0.2, 0.25) is 0 Å². The van der Waals surface area contributed by atoms with Gasteiger partial charge in [-0.2, -0.15) is 0 Å². The van der Waals surface area contributed by atoms with Crippen LogP contribution in [0.15, 0.2) is 24.3 Å². The van der Waals surface area contributed by atoms with Crippen LogP contribution in [0.25, 0.3) is 0 Å². The second-order valence-corrected chi connectivity index (χ2v) is 6.42. The number of rotatable bonds is 5. The third kappa shape index (κ3) is 6.59. The normalized spacial score (nSPS) is 10.7. The van der Waals surface area contributed by atoms with E-state index >= 15 is 0 Å². The molecule has 0 amide bonds. The zero-order chi connectivity index (χ0) is 12.2. The Balaban J connectivity index is 0.00000256. The summed E-state index contributed by atoms with van der Waals surface area (Å²) < 4.78 is 31.0. The summed E-state index contributed by atoms with van der Waals surface area (Å²) in [7, 11) is -4.28. The first kappa shape index (κ1) is 17.2. The largest absolute Gasteiger partial charge is 1.00 e. The molecule has 0 atom stereocenters. The number of carbonyl (C=O) groups excluding carboxylic acids is 1. The van der Waals surface area contributed by atoms with Crippen LogP contribution in [-0.4, -0.2) is 24.5 Å². The van der Waals surface area contributed by atoms with E-state index in [-0.39, 0.29) is 51.9 Å². The van der Waals surface area contributed by atoms with Gasteiger partial charge in [0.15, 0.2) is 5.78 Å². The van der Waals surface area contributed by atoms with Crippen molar-refractivity contribution in [2.45, 2.75) is 13.3 Å². The molecule has 1 aromatic rings. The van der Waals surface area contributed by atoms with E-state index in [2.05, 4.69) is 0 Å². The Hall–Kier alpha value is 0.150. The SMILES string of the molecule is CCc1ccc(C(=O)CSS(=O)(=O)[O-])cc1.[Na+]. The molecule has 0 bridgehead atoms. The number of carbonyl (C=O) groups is 1. The average Bonchev–Trinajstić information content (AvgIpc) is 2.25. The van der Waals surface area contributed by atoms with Crippen LogP contribution >= 0.6 is 10.8 Å². The second-order valence-electron chi connectivity index (χ2n) is 3.14. The molecule has 0 saturated carbocycles. The van der Waals surface area contributed by atoms with Gasteiger partial charge in [-0.3, -0.25) is 4.79 Å². The van der Waals surface area contributed by atoms with Gasteiger partial charge in [-0.25, -0.2) is 8.42 Å². The minimum atomic E-state index is -4.39. The van der Waals surface area contributed by atoms with E-state index in [1.54, 1.807) is 12.1 Å². The molecule has 0 spiro atoms. The number of hydrogen-bond donors (Lipinski definition) is 0. The van der Waals surface area contributed by atoms with Gasteiger partial charge < -0.3 is 4.55 Å². The summed E-state index contributed by atoms with van der Waals surface area (Å²) in [5, 5.41) is 0. The molecule has 0 unspecified atom stereocenters. The average molecular weight is 282 g/mol. The van der Waals surface area contributed by atoms with Crippen molar-refractivity contribution in [3.63, 3.8) is 0 Å². The molecule has 0 fully saturated rings. The van der Waals surface area contributed by atoms with Gasteiger partial charge in [0, 0.05) is 5.56 Å². The fourth-order valence-corrected chi connectivity index (χ4v) is 2.31. The standard InChI is InChI=1S/C10H12O4S2.Na/c1-2-8-3-5-9(6-4-8)10(11)7-15-16(12,13)14;/h3-6H,2,7H2,1H3,(H,12,13,14);/q;+1/p-1. The third-order valence-electron chi connectivity index (χ3n) is 2.02. The van der Waals surface area contributed by atoms with Gasteiger partial charge in [-0.1, -0.05) is 31.2 Å². The zero-order valence-electron chi connectivity index (χ0n) is 9.67. The summed E-state index contributed by atoms with van der Waals surface area (Å²) in [6, 6.07) is 6.89. The summed E-state index contributed by atoms with van der Waals surface area (Å²) in [5.41, 5.74) is 1.52. The number of hydrogen-bond acceptors (Lipinski definition) is 5. The predicted octanol–water partition coefficient (Wildman–Crippen LogP) is -1.37. The molecule has 0 aliphatic carbocycles. The molecular weight excluding hydrogens is 271 g/mol. The molecule has 0 heterocycles. The maximum atomic E-state index is 11.5.